The van der Waals surface area contributed by atoms with Gasteiger partial charge in [0, 0.05) is 54.5 Å². The molecule has 0 aliphatic carbocycles. The minimum atomic E-state index is 0.840. The highest BCUT2D eigenvalue weighted by atomic mass is 16.5. The number of benzene rings is 8. The minimum Gasteiger partial charge on any atom is -0.497 e. The van der Waals surface area contributed by atoms with Crippen molar-refractivity contribution in [2.45, 2.75) is 0 Å². The first kappa shape index (κ1) is 30.2. The van der Waals surface area contributed by atoms with Gasteiger partial charge in [-0.25, -0.2) is 0 Å². The molecule has 0 radical (unpaired) electrons. The molecular formula is C50H33N3O2. The average molecular weight is 708 g/mol. The van der Waals surface area contributed by atoms with Gasteiger partial charge in [-0.2, -0.15) is 0 Å². The number of aromatic nitrogens is 3. The molecule has 260 valence electrons. The third-order valence-corrected chi connectivity index (χ3v) is 11.7. The molecule has 55 heavy (non-hydrogen) atoms. The van der Waals surface area contributed by atoms with Crippen LogP contribution in [0.1, 0.15) is 0 Å². The number of nitrogens with zero attached hydrogens (tertiary/aromatic N) is 3. The Kier molecular flexibility index (Phi) is 6.12. The smallest absolute Gasteiger partial charge is 0.119 e. The molecule has 4 aromatic heterocycles. The summed E-state index contributed by atoms with van der Waals surface area (Å²) in [5.41, 5.74) is 12.9. The van der Waals surface area contributed by atoms with E-state index in [1.54, 1.807) is 14.2 Å². The molecule has 0 N–H and O–H groups in total. The molecule has 4 heterocycles. The highest BCUT2D eigenvalue weighted by molar-refractivity contribution is 6.24. The topological polar surface area (TPSA) is 32.7 Å². The Bertz CT molecular complexity index is 3430. The summed E-state index contributed by atoms with van der Waals surface area (Å²) in [6.45, 7) is 0. The summed E-state index contributed by atoms with van der Waals surface area (Å²) >= 11 is 0. The van der Waals surface area contributed by atoms with E-state index in [-0.39, 0.29) is 0 Å². The number of ether oxygens (including phenoxy) is 2. The maximum absolute atomic E-state index is 5.80. The number of hydrogen-bond donors (Lipinski definition) is 0. The lowest BCUT2D eigenvalue weighted by atomic mass is 10.0. The molecule has 12 aromatic rings. The van der Waals surface area contributed by atoms with E-state index >= 15 is 0 Å². The van der Waals surface area contributed by atoms with Gasteiger partial charge in [0.15, 0.2) is 0 Å². The minimum absolute atomic E-state index is 0.840. The Labute approximate surface area is 315 Å². The van der Waals surface area contributed by atoms with Gasteiger partial charge in [-0.3, -0.25) is 0 Å². The second-order valence-electron chi connectivity index (χ2n) is 14.5. The molecule has 0 aliphatic heterocycles. The summed E-state index contributed by atoms with van der Waals surface area (Å²) in [5.74, 6) is 1.69. The SMILES string of the molecule is COc1ccc2c(c1)c1cc(-c3ccc4c(c3)c3cc(OC)ccc3n4-c3cc4c5ccccc5n5c6ccccc6c(c3)c45)ccc1n2-c1ccccc1. The van der Waals surface area contributed by atoms with Gasteiger partial charge in [0.25, 0.3) is 0 Å². The fraction of sp³-hybridized carbons (Fsp3) is 0.0400. The van der Waals surface area contributed by atoms with E-state index < -0.39 is 0 Å². The first-order valence-corrected chi connectivity index (χ1v) is 18.7. The van der Waals surface area contributed by atoms with Crippen molar-refractivity contribution < 1.29 is 9.47 Å². The van der Waals surface area contributed by atoms with Gasteiger partial charge in [0.2, 0.25) is 0 Å². The van der Waals surface area contributed by atoms with Gasteiger partial charge in [-0.05, 0) is 108 Å². The first-order valence-electron chi connectivity index (χ1n) is 18.7. The third kappa shape index (κ3) is 4.12. The normalized spacial score (nSPS) is 12.2. The zero-order chi connectivity index (χ0) is 36.4. The number of hydrogen-bond acceptors (Lipinski definition) is 2. The van der Waals surface area contributed by atoms with Gasteiger partial charge in [-0.15, -0.1) is 0 Å². The summed E-state index contributed by atoms with van der Waals surface area (Å²) in [6.07, 6.45) is 0. The van der Waals surface area contributed by atoms with Crippen molar-refractivity contribution in [2.75, 3.05) is 14.2 Å². The van der Waals surface area contributed by atoms with Crippen LogP contribution in [0.5, 0.6) is 11.5 Å². The largest absolute Gasteiger partial charge is 0.497 e. The molecular weight excluding hydrogens is 675 g/mol. The Hall–Kier alpha value is -7.24. The summed E-state index contributed by atoms with van der Waals surface area (Å²) < 4.78 is 18.7. The van der Waals surface area contributed by atoms with Gasteiger partial charge in [-0.1, -0.05) is 66.7 Å². The van der Waals surface area contributed by atoms with E-state index in [0.717, 1.165) is 66.8 Å². The third-order valence-electron chi connectivity index (χ3n) is 11.7. The van der Waals surface area contributed by atoms with Gasteiger partial charge >= 0.3 is 0 Å². The van der Waals surface area contributed by atoms with E-state index in [2.05, 4.69) is 171 Å². The quantitative estimate of drug-likeness (QED) is 0.178. The lowest BCUT2D eigenvalue weighted by Gasteiger charge is -2.10. The standard InChI is InChI=1S/C50H33N3O2/c1-54-34-18-22-48-40(28-34)38-24-30(16-20-46(38)51(48)32-10-4-3-5-11-32)31-17-21-47-39(25-31)41-29-35(55-2)19-23-49(41)52(47)33-26-42-36-12-6-8-14-44(36)53-45-15-9-7-13-37(45)43(27-33)50(42)53/h3-29H,1-2H3. The highest BCUT2D eigenvalue weighted by Crippen LogP contribution is 2.44. The van der Waals surface area contributed by atoms with Crippen LogP contribution in [0.3, 0.4) is 0 Å². The fourth-order valence-electron chi connectivity index (χ4n) is 9.31. The average Bonchev–Trinajstić information content (AvgIpc) is 3.97. The monoisotopic (exact) mass is 707 g/mol. The molecule has 12 rings (SSSR count). The van der Waals surface area contributed by atoms with Gasteiger partial charge < -0.3 is 23.0 Å². The number of methoxy groups -OCH3 is 2. The molecule has 0 amide bonds. The summed E-state index contributed by atoms with van der Waals surface area (Å²) in [7, 11) is 3.47. The highest BCUT2D eigenvalue weighted by Gasteiger charge is 2.21. The molecule has 5 nitrogen and oxygen atoms in total. The molecule has 0 fully saturated rings. The fourth-order valence-corrected chi connectivity index (χ4v) is 9.31. The molecule has 0 spiro atoms. The van der Waals surface area contributed by atoms with Crippen LogP contribution in [0, 0.1) is 0 Å². The maximum Gasteiger partial charge on any atom is 0.119 e. The van der Waals surface area contributed by atoms with E-state index in [0.29, 0.717) is 0 Å². The van der Waals surface area contributed by atoms with Crippen molar-refractivity contribution in [1.82, 2.24) is 13.5 Å². The lowest BCUT2D eigenvalue weighted by molar-refractivity contribution is 0.415. The van der Waals surface area contributed by atoms with E-state index in [1.807, 2.05) is 6.07 Å². The molecule has 0 bridgehead atoms. The lowest BCUT2D eigenvalue weighted by Crippen LogP contribution is -1.94. The zero-order valence-corrected chi connectivity index (χ0v) is 30.2. The van der Waals surface area contributed by atoms with E-state index in [9.17, 15) is 0 Å². The van der Waals surface area contributed by atoms with Crippen molar-refractivity contribution in [2.24, 2.45) is 0 Å². The van der Waals surface area contributed by atoms with Crippen molar-refractivity contribution >= 4 is 81.7 Å². The van der Waals surface area contributed by atoms with E-state index in [1.165, 1.54) is 48.9 Å². The second kappa shape index (κ2) is 11.1. The van der Waals surface area contributed by atoms with Crippen LogP contribution in [0.2, 0.25) is 0 Å². The van der Waals surface area contributed by atoms with Crippen molar-refractivity contribution in [1.29, 1.82) is 0 Å². The number of fused-ring (bicyclic) bond motifs is 12. The molecule has 8 aromatic carbocycles. The number of para-hydroxylation sites is 3. The van der Waals surface area contributed by atoms with Gasteiger partial charge in [0.05, 0.1) is 52.8 Å². The molecule has 5 heteroatoms. The molecule has 0 aliphatic rings. The maximum atomic E-state index is 5.80. The predicted molar refractivity (Wildman–Crippen MR) is 228 cm³/mol. The van der Waals surface area contributed by atoms with Crippen LogP contribution in [-0.4, -0.2) is 27.8 Å². The first-order chi connectivity index (χ1) is 27.2. The zero-order valence-electron chi connectivity index (χ0n) is 30.2. The Morgan fingerprint density at radius 1 is 0.327 bits per heavy atom. The van der Waals surface area contributed by atoms with Crippen LogP contribution in [0.4, 0.5) is 0 Å². The molecule has 0 atom stereocenters. The van der Waals surface area contributed by atoms with Crippen LogP contribution in [0.15, 0.2) is 164 Å². The summed E-state index contributed by atoms with van der Waals surface area (Å²) in [6, 6.07) is 59.5. The Morgan fingerprint density at radius 3 is 1.27 bits per heavy atom. The van der Waals surface area contributed by atoms with Crippen LogP contribution in [-0.2, 0) is 0 Å². The molecule has 0 saturated heterocycles. The van der Waals surface area contributed by atoms with Crippen LogP contribution < -0.4 is 9.47 Å². The molecule has 0 unspecified atom stereocenters. The number of rotatable bonds is 5. The Morgan fingerprint density at radius 2 is 0.764 bits per heavy atom. The summed E-state index contributed by atoms with van der Waals surface area (Å²) in [5, 5.41) is 9.74. The predicted octanol–water partition coefficient (Wildman–Crippen LogP) is 12.7. The van der Waals surface area contributed by atoms with Crippen molar-refractivity contribution in [3.63, 3.8) is 0 Å². The van der Waals surface area contributed by atoms with Gasteiger partial charge in [0.1, 0.15) is 11.5 Å². The Balaban J connectivity index is 1.11. The summed E-state index contributed by atoms with van der Waals surface area (Å²) in [4.78, 5) is 0. The van der Waals surface area contributed by atoms with Crippen molar-refractivity contribution in [3.8, 4) is 34.0 Å². The van der Waals surface area contributed by atoms with E-state index in [4.69, 9.17) is 9.47 Å². The van der Waals surface area contributed by atoms with Crippen LogP contribution >= 0.6 is 0 Å². The second-order valence-corrected chi connectivity index (χ2v) is 14.5. The van der Waals surface area contributed by atoms with Crippen molar-refractivity contribution in [3.05, 3.63) is 164 Å². The van der Waals surface area contributed by atoms with Crippen LogP contribution in [0.25, 0.3) is 104 Å². The molecule has 0 saturated carbocycles.